The van der Waals surface area contributed by atoms with Crippen molar-refractivity contribution >= 4 is 5.91 Å². The Bertz CT molecular complexity index is 448. The number of aliphatic hydroxyl groups excluding tert-OH is 1. The fourth-order valence-electron chi connectivity index (χ4n) is 2.17. The van der Waals surface area contributed by atoms with E-state index in [0.717, 1.165) is 4.57 Å². The second-order valence-corrected chi connectivity index (χ2v) is 4.66. The Morgan fingerprint density at radius 1 is 1.37 bits per heavy atom. The van der Waals surface area contributed by atoms with Gasteiger partial charge in [-0.2, -0.15) is 13.2 Å². The molecule has 0 saturated carbocycles. The highest BCUT2D eigenvalue weighted by Crippen LogP contribution is 2.20. The number of aliphatic hydroxyl groups is 1. The van der Waals surface area contributed by atoms with Gasteiger partial charge in [-0.3, -0.25) is 4.79 Å². The molecule has 7 heteroatoms. The van der Waals surface area contributed by atoms with Crippen molar-refractivity contribution in [1.29, 1.82) is 0 Å². The largest absolute Gasteiger partial charge is 0.406 e. The van der Waals surface area contributed by atoms with E-state index >= 15 is 0 Å². The Hall–Kier alpha value is -1.50. The lowest BCUT2D eigenvalue weighted by atomic mass is 10.1. The van der Waals surface area contributed by atoms with E-state index in [-0.39, 0.29) is 5.69 Å². The third kappa shape index (κ3) is 3.50. The van der Waals surface area contributed by atoms with Crippen LogP contribution in [0.5, 0.6) is 0 Å². The van der Waals surface area contributed by atoms with Crippen LogP contribution in [0.15, 0.2) is 18.3 Å². The van der Waals surface area contributed by atoms with Crippen molar-refractivity contribution in [2.45, 2.75) is 31.7 Å². The van der Waals surface area contributed by atoms with Crippen molar-refractivity contribution in [2.75, 3.05) is 13.1 Å². The lowest BCUT2D eigenvalue weighted by molar-refractivity contribution is -0.140. The van der Waals surface area contributed by atoms with Crippen LogP contribution in [-0.2, 0) is 6.54 Å². The van der Waals surface area contributed by atoms with E-state index < -0.39 is 24.7 Å². The number of hydrogen-bond donors (Lipinski definition) is 1. The van der Waals surface area contributed by atoms with Crippen LogP contribution in [0.1, 0.15) is 23.3 Å². The molecule has 2 heterocycles. The van der Waals surface area contributed by atoms with Crippen molar-refractivity contribution in [2.24, 2.45) is 0 Å². The number of likely N-dealkylation sites (tertiary alicyclic amines) is 1. The van der Waals surface area contributed by atoms with Crippen molar-refractivity contribution in [3.05, 3.63) is 24.0 Å². The van der Waals surface area contributed by atoms with Gasteiger partial charge in [0.1, 0.15) is 12.2 Å². The third-order valence-electron chi connectivity index (χ3n) is 3.15. The van der Waals surface area contributed by atoms with Crippen molar-refractivity contribution in [1.82, 2.24) is 9.47 Å². The van der Waals surface area contributed by atoms with Crippen LogP contribution in [-0.4, -0.2) is 45.9 Å². The zero-order valence-electron chi connectivity index (χ0n) is 10.2. The maximum atomic E-state index is 12.4. The summed E-state index contributed by atoms with van der Waals surface area (Å²) in [5.41, 5.74) is 0.0358. The SMILES string of the molecule is O=C(c1cccn1CC(F)(F)F)N1CCC(O)CC1. The number of rotatable bonds is 2. The zero-order chi connectivity index (χ0) is 14.0. The van der Waals surface area contributed by atoms with E-state index in [1.807, 2.05) is 0 Å². The van der Waals surface area contributed by atoms with Gasteiger partial charge in [-0.05, 0) is 25.0 Å². The average molecular weight is 276 g/mol. The summed E-state index contributed by atoms with van der Waals surface area (Å²) in [7, 11) is 0. The molecule has 1 aromatic rings. The maximum absolute atomic E-state index is 12.4. The molecule has 0 aromatic carbocycles. The van der Waals surface area contributed by atoms with Gasteiger partial charge in [0.05, 0.1) is 6.10 Å². The Balaban J connectivity index is 2.09. The van der Waals surface area contributed by atoms with E-state index in [1.165, 1.54) is 23.2 Å². The summed E-state index contributed by atoms with van der Waals surface area (Å²) in [4.78, 5) is 13.6. The summed E-state index contributed by atoms with van der Waals surface area (Å²) < 4.78 is 38.0. The Morgan fingerprint density at radius 3 is 2.58 bits per heavy atom. The van der Waals surface area contributed by atoms with Gasteiger partial charge < -0.3 is 14.6 Å². The van der Waals surface area contributed by atoms with Crippen LogP contribution in [0, 0.1) is 0 Å². The predicted molar refractivity (Wildman–Crippen MR) is 61.6 cm³/mol. The van der Waals surface area contributed by atoms with Crippen molar-refractivity contribution < 1.29 is 23.1 Å². The molecule has 1 amide bonds. The van der Waals surface area contributed by atoms with Crippen LogP contribution in [0.3, 0.4) is 0 Å². The number of carbonyl (C=O) groups excluding carboxylic acids is 1. The molecule has 0 spiro atoms. The number of nitrogens with zero attached hydrogens (tertiary/aromatic N) is 2. The Kier molecular flexibility index (Phi) is 3.84. The summed E-state index contributed by atoms with van der Waals surface area (Å²) >= 11 is 0. The highest BCUT2D eigenvalue weighted by atomic mass is 19.4. The van der Waals surface area contributed by atoms with Crippen LogP contribution in [0.2, 0.25) is 0 Å². The minimum atomic E-state index is -4.36. The molecule has 4 nitrogen and oxygen atoms in total. The minimum Gasteiger partial charge on any atom is -0.393 e. The number of carbonyl (C=O) groups is 1. The smallest absolute Gasteiger partial charge is 0.393 e. The standard InChI is InChI=1S/C12H15F3N2O2/c13-12(14,15)8-17-5-1-2-10(17)11(19)16-6-3-9(18)4-7-16/h1-2,5,9,18H,3-4,6-8H2. The van der Waals surface area contributed by atoms with Gasteiger partial charge in [-0.25, -0.2) is 0 Å². The Morgan fingerprint density at radius 2 is 2.00 bits per heavy atom. The summed E-state index contributed by atoms with van der Waals surface area (Å²) in [5, 5.41) is 9.35. The Labute approximate surface area is 108 Å². The van der Waals surface area contributed by atoms with Gasteiger partial charge in [0, 0.05) is 19.3 Å². The lowest BCUT2D eigenvalue weighted by Gasteiger charge is -2.29. The minimum absolute atomic E-state index is 0.0358. The molecule has 1 fully saturated rings. The summed E-state index contributed by atoms with van der Waals surface area (Å²) in [6.45, 7) is -0.425. The first-order valence-corrected chi connectivity index (χ1v) is 6.06. The predicted octanol–water partition coefficient (Wildman–Crippen LogP) is 1.65. The second kappa shape index (κ2) is 5.24. The van der Waals surface area contributed by atoms with Gasteiger partial charge in [-0.1, -0.05) is 0 Å². The number of piperidine rings is 1. The third-order valence-corrected chi connectivity index (χ3v) is 3.15. The second-order valence-electron chi connectivity index (χ2n) is 4.66. The molecule has 106 valence electrons. The fourth-order valence-corrected chi connectivity index (χ4v) is 2.17. The first-order valence-electron chi connectivity index (χ1n) is 6.06. The van der Waals surface area contributed by atoms with E-state index in [9.17, 15) is 23.1 Å². The molecule has 1 aliphatic heterocycles. The molecule has 0 aliphatic carbocycles. The fraction of sp³-hybridized carbons (Fsp3) is 0.583. The normalized spacial score (nSPS) is 17.8. The molecular formula is C12H15F3N2O2. The monoisotopic (exact) mass is 276 g/mol. The van der Waals surface area contributed by atoms with Crippen LogP contribution in [0.25, 0.3) is 0 Å². The molecule has 0 radical (unpaired) electrons. The molecule has 0 bridgehead atoms. The van der Waals surface area contributed by atoms with Gasteiger partial charge in [-0.15, -0.1) is 0 Å². The van der Waals surface area contributed by atoms with E-state index in [1.54, 1.807) is 0 Å². The lowest BCUT2D eigenvalue weighted by Crippen LogP contribution is -2.41. The topological polar surface area (TPSA) is 45.5 Å². The molecule has 1 saturated heterocycles. The molecular weight excluding hydrogens is 261 g/mol. The molecule has 1 N–H and O–H groups in total. The molecule has 0 atom stereocenters. The highest BCUT2D eigenvalue weighted by Gasteiger charge is 2.31. The van der Waals surface area contributed by atoms with Crippen molar-refractivity contribution in [3.8, 4) is 0 Å². The van der Waals surface area contributed by atoms with Gasteiger partial charge in [0.25, 0.3) is 5.91 Å². The summed E-state index contributed by atoms with van der Waals surface area (Å²) in [5.74, 6) is -0.416. The maximum Gasteiger partial charge on any atom is 0.406 e. The number of amides is 1. The molecule has 2 rings (SSSR count). The first-order chi connectivity index (χ1) is 8.87. The highest BCUT2D eigenvalue weighted by molar-refractivity contribution is 5.92. The van der Waals surface area contributed by atoms with Crippen LogP contribution < -0.4 is 0 Å². The zero-order valence-corrected chi connectivity index (χ0v) is 10.2. The van der Waals surface area contributed by atoms with E-state index in [4.69, 9.17) is 0 Å². The van der Waals surface area contributed by atoms with Crippen molar-refractivity contribution in [3.63, 3.8) is 0 Å². The molecule has 1 aromatic heterocycles. The average Bonchev–Trinajstić information content (AvgIpc) is 2.75. The van der Waals surface area contributed by atoms with Crippen LogP contribution >= 0.6 is 0 Å². The van der Waals surface area contributed by atoms with E-state index in [2.05, 4.69) is 0 Å². The first kappa shape index (κ1) is 13.9. The quantitative estimate of drug-likeness (QED) is 0.892. The molecule has 0 unspecified atom stereocenters. The van der Waals surface area contributed by atoms with Crippen LogP contribution in [0.4, 0.5) is 13.2 Å². The summed E-state index contributed by atoms with van der Waals surface area (Å²) in [6.07, 6.45) is -2.60. The van der Waals surface area contributed by atoms with Gasteiger partial charge >= 0.3 is 6.18 Å². The number of halogens is 3. The van der Waals surface area contributed by atoms with Gasteiger partial charge in [0.15, 0.2) is 0 Å². The molecule has 19 heavy (non-hydrogen) atoms. The number of alkyl halides is 3. The van der Waals surface area contributed by atoms with E-state index in [0.29, 0.717) is 25.9 Å². The number of hydrogen-bond acceptors (Lipinski definition) is 2. The summed E-state index contributed by atoms with van der Waals surface area (Å²) in [6, 6.07) is 2.82. The van der Waals surface area contributed by atoms with Gasteiger partial charge in [0.2, 0.25) is 0 Å². The number of aromatic nitrogens is 1. The molecule has 1 aliphatic rings.